The van der Waals surface area contributed by atoms with Crippen molar-refractivity contribution < 1.29 is 36.2 Å². The molecule has 0 fully saturated rings. The molecule has 8 heteroatoms. The van der Waals surface area contributed by atoms with Gasteiger partial charge in [-0.3, -0.25) is 0 Å². The van der Waals surface area contributed by atoms with Crippen LogP contribution in [0.4, 0.5) is 22.0 Å². The molecule has 198 valence electrons. The van der Waals surface area contributed by atoms with E-state index in [1.54, 1.807) is 12.1 Å². The van der Waals surface area contributed by atoms with Gasteiger partial charge in [-0.15, -0.1) is 0 Å². The molecule has 3 nitrogen and oxygen atoms in total. The monoisotopic (exact) mass is 528 g/mol. The maximum absolute atomic E-state index is 13.8. The number of hydrogen-bond acceptors (Lipinski definition) is 3. The minimum atomic E-state index is -2.33. The first-order valence-corrected chi connectivity index (χ1v) is 12.2. The van der Waals surface area contributed by atoms with Gasteiger partial charge in [-0.2, -0.15) is 8.78 Å². The molecule has 0 saturated heterocycles. The summed E-state index contributed by atoms with van der Waals surface area (Å²) in [6.07, 6.45) is 12.3. The van der Waals surface area contributed by atoms with E-state index in [-0.39, 0.29) is 5.56 Å². The molecule has 0 heterocycles. The Morgan fingerprint density at radius 1 is 0.763 bits per heavy atom. The van der Waals surface area contributed by atoms with Crippen LogP contribution in [0.15, 0.2) is 72.8 Å². The quantitative estimate of drug-likeness (QED) is 0.0534. The summed E-state index contributed by atoms with van der Waals surface area (Å²) in [5.41, 5.74) is 1.76. The first-order chi connectivity index (χ1) is 18.3. The predicted molar refractivity (Wildman–Crippen MR) is 133 cm³/mol. The van der Waals surface area contributed by atoms with Crippen LogP contribution in [-0.2, 0) is 10.3 Å². The zero-order valence-electron chi connectivity index (χ0n) is 20.6. The van der Waals surface area contributed by atoms with Gasteiger partial charge < -0.3 is 9.47 Å². The zero-order valence-corrected chi connectivity index (χ0v) is 20.6. The molecule has 0 N–H and O–H groups in total. The highest BCUT2D eigenvalue weighted by Crippen LogP contribution is 2.34. The SMILES string of the molecule is CCCCCOC1(c2ccc(-c3ccc(C(=O)Oc4c(F)c(F)c(F)c(F)c4F)cc3)cc2)C=CCC=C1. The largest absolute Gasteiger partial charge is 0.416 e. The number of benzene rings is 3. The van der Waals surface area contributed by atoms with Crippen molar-refractivity contribution in [2.75, 3.05) is 6.61 Å². The van der Waals surface area contributed by atoms with Gasteiger partial charge in [-0.1, -0.05) is 68.3 Å². The van der Waals surface area contributed by atoms with Crippen LogP contribution in [0.3, 0.4) is 0 Å². The van der Waals surface area contributed by atoms with E-state index in [0.29, 0.717) is 6.61 Å². The number of unbranched alkanes of at least 4 members (excludes halogenated alkanes) is 2. The van der Waals surface area contributed by atoms with Crippen LogP contribution < -0.4 is 4.74 Å². The number of carbonyl (C=O) groups is 1. The normalized spacial score (nSPS) is 14.1. The fourth-order valence-electron chi connectivity index (χ4n) is 4.13. The number of hydrogen-bond donors (Lipinski definition) is 0. The van der Waals surface area contributed by atoms with Gasteiger partial charge in [0.2, 0.25) is 34.8 Å². The lowest BCUT2D eigenvalue weighted by Gasteiger charge is -2.30. The predicted octanol–water partition coefficient (Wildman–Crippen LogP) is 8.19. The minimum Gasteiger partial charge on any atom is -0.416 e. The highest BCUT2D eigenvalue weighted by atomic mass is 19.2. The lowest BCUT2D eigenvalue weighted by atomic mass is 9.88. The number of esters is 1. The minimum absolute atomic E-state index is 0.133. The van der Waals surface area contributed by atoms with Crippen LogP contribution in [0.5, 0.6) is 5.75 Å². The van der Waals surface area contributed by atoms with Gasteiger partial charge in [-0.25, -0.2) is 18.0 Å². The van der Waals surface area contributed by atoms with Crippen molar-refractivity contribution in [1.82, 2.24) is 0 Å². The van der Waals surface area contributed by atoms with Crippen LogP contribution in [0.2, 0.25) is 0 Å². The Balaban J connectivity index is 1.50. The first-order valence-electron chi connectivity index (χ1n) is 12.2. The topological polar surface area (TPSA) is 35.5 Å². The van der Waals surface area contributed by atoms with Gasteiger partial charge in [0.05, 0.1) is 5.56 Å². The van der Waals surface area contributed by atoms with Crippen molar-refractivity contribution in [3.63, 3.8) is 0 Å². The molecule has 0 unspecified atom stereocenters. The average molecular weight is 529 g/mol. The summed E-state index contributed by atoms with van der Waals surface area (Å²) >= 11 is 0. The smallest absolute Gasteiger partial charge is 0.343 e. The summed E-state index contributed by atoms with van der Waals surface area (Å²) in [4.78, 5) is 12.3. The zero-order chi connectivity index (χ0) is 27.3. The summed E-state index contributed by atoms with van der Waals surface area (Å²) in [6, 6.07) is 13.6. The summed E-state index contributed by atoms with van der Waals surface area (Å²) in [5, 5.41) is 0. The molecule has 0 spiro atoms. The maximum Gasteiger partial charge on any atom is 0.343 e. The van der Waals surface area contributed by atoms with Gasteiger partial charge in [0.1, 0.15) is 5.60 Å². The molecule has 0 radical (unpaired) electrons. The van der Waals surface area contributed by atoms with Crippen molar-refractivity contribution in [2.45, 2.75) is 38.2 Å². The van der Waals surface area contributed by atoms with Crippen LogP contribution in [0.25, 0.3) is 11.1 Å². The number of rotatable bonds is 9. The second kappa shape index (κ2) is 11.7. The van der Waals surface area contributed by atoms with Gasteiger partial charge in [0.25, 0.3) is 0 Å². The Labute approximate surface area is 217 Å². The molecule has 3 aromatic carbocycles. The Bertz CT molecular complexity index is 1320. The van der Waals surface area contributed by atoms with Gasteiger partial charge in [0, 0.05) is 6.61 Å². The molecule has 0 amide bonds. The Morgan fingerprint density at radius 2 is 1.29 bits per heavy atom. The van der Waals surface area contributed by atoms with E-state index in [0.717, 1.165) is 42.4 Å². The molecule has 4 rings (SSSR count). The lowest BCUT2D eigenvalue weighted by molar-refractivity contribution is 0.0214. The molecular weight excluding hydrogens is 503 g/mol. The number of ether oxygens (including phenoxy) is 2. The van der Waals surface area contributed by atoms with Crippen molar-refractivity contribution in [3.8, 4) is 16.9 Å². The molecule has 3 aromatic rings. The molecule has 0 aliphatic heterocycles. The van der Waals surface area contributed by atoms with E-state index >= 15 is 0 Å². The van der Waals surface area contributed by atoms with Crippen LogP contribution >= 0.6 is 0 Å². The number of halogens is 5. The van der Waals surface area contributed by atoms with Crippen molar-refractivity contribution >= 4 is 5.97 Å². The molecule has 0 bridgehead atoms. The van der Waals surface area contributed by atoms with Crippen LogP contribution in [0, 0.1) is 29.1 Å². The summed E-state index contributed by atoms with van der Waals surface area (Å²) in [6.45, 7) is 2.77. The molecule has 1 aliphatic rings. The van der Waals surface area contributed by atoms with E-state index in [1.165, 1.54) is 12.1 Å². The van der Waals surface area contributed by atoms with Crippen molar-refractivity contribution in [1.29, 1.82) is 0 Å². The molecular formula is C30H25F5O3. The van der Waals surface area contributed by atoms with Crippen LogP contribution in [-0.4, -0.2) is 12.6 Å². The Kier molecular flexibility index (Phi) is 8.42. The third-order valence-electron chi connectivity index (χ3n) is 6.25. The van der Waals surface area contributed by atoms with E-state index in [1.807, 2.05) is 24.3 Å². The maximum atomic E-state index is 13.8. The standard InChI is InChI=1S/C30H25F5O3/c1-2-3-7-18-37-30(16-5-4-6-17-30)22-14-12-20(13-15-22)19-8-10-21(11-9-19)29(36)38-28-26(34)24(32)23(31)25(33)27(28)35/h5-6,8-17H,2-4,7,18H2,1H3. The van der Waals surface area contributed by atoms with E-state index in [9.17, 15) is 26.7 Å². The number of carbonyl (C=O) groups excluding carboxylic acids is 1. The summed E-state index contributed by atoms with van der Waals surface area (Å²) < 4.78 is 78.5. The van der Waals surface area contributed by atoms with E-state index < -0.39 is 46.4 Å². The van der Waals surface area contributed by atoms with Crippen LogP contribution in [0.1, 0.15) is 48.5 Å². The lowest BCUT2D eigenvalue weighted by Crippen LogP contribution is -2.26. The highest BCUT2D eigenvalue weighted by molar-refractivity contribution is 5.91. The van der Waals surface area contributed by atoms with E-state index in [4.69, 9.17) is 4.74 Å². The molecule has 1 aliphatic carbocycles. The molecule has 0 atom stereocenters. The summed E-state index contributed by atoms with van der Waals surface area (Å²) in [5.74, 6) is -14.1. The third kappa shape index (κ3) is 5.55. The van der Waals surface area contributed by atoms with Gasteiger partial charge in [0.15, 0.2) is 0 Å². The van der Waals surface area contributed by atoms with E-state index in [2.05, 4.69) is 36.0 Å². The second-order valence-electron chi connectivity index (χ2n) is 8.83. The number of allylic oxidation sites excluding steroid dienone is 2. The van der Waals surface area contributed by atoms with Crippen molar-refractivity contribution in [3.05, 3.63) is 113 Å². The summed E-state index contributed by atoms with van der Waals surface area (Å²) in [7, 11) is 0. The molecule has 0 aromatic heterocycles. The Morgan fingerprint density at radius 3 is 1.84 bits per heavy atom. The second-order valence-corrected chi connectivity index (χ2v) is 8.83. The fraction of sp³-hybridized carbons (Fsp3) is 0.233. The van der Waals surface area contributed by atoms with Crippen molar-refractivity contribution in [2.24, 2.45) is 0 Å². The Hall–Kier alpha value is -3.78. The third-order valence-corrected chi connectivity index (χ3v) is 6.25. The molecule has 0 saturated carbocycles. The molecule has 38 heavy (non-hydrogen) atoms. The van der Waals surface area contributed by atoms with Gasteiger partial charge >= 0.3 is 5.97 Å². The van der Waals surface area contributed by atoms with Gasteiger partial charge in [-0.05, 0) is 53.8 Å². The fourth-order valence-corrected chi connectivity index (χ4v) is 4.13. The highest BCUT2D eigenvalue weighted by Gasteiger charge is 2.30. The average Bonchev–Trinajstić information content (AvgIpc) is 2.96. The first kappa shape index (κ1) is 27.3.